The maximum atomic E-state index is 11.9. The Labute approximate surface area is 159 Å². The van der Waals surface area contributed by atoms with Crippen molar-refractivity contribution in [3.05, 3.63) is 18.2 Å². The molecule has 0 radical (unpaired) electrons. The standard InChI is InChI=1S/C17H25N3O3S.ClH/c21-17(19-6-9-20-7-4-18-5-8-20)3-12-24-14-1-2-15-16(13-14)23-11-10-22-15;/h1-2,13,18H,3-12H2,(H,19,21);1H. The number of nitrogens with zero attached hydrogens (tertiary/aromatic N) is 1. The molecular formula is C17H26ClN3O3S. The first-order chi connectivity index (χ1) is 11.8. The van der Waals surface area contributed by atoms with Gasteiger partial charge in [-0.15, -0.1) is 24.2 Å². The van der Waals surface area contributed by atoms with Gasteiger partial charge in [-0.3, -0.25) is 9.69 Å². The molecule has 2 aliphatic heterocycles. The zero-order valence-corrected chi connectivity index (χ0v) is 15.9. The predicted molar refractivity (Wildman–Crippen MR) is 102 cm³/mol. The number of rotatable bonds is 7. The highest BCUT2D eigenvalue weighted by molar-refractivity contribution is 7.99. The molecule has 0 spiro atoms. The second-order valence-corrected chi connectivity index (χ2v) is 7.01. The van der Waals surface area contributed by atoms with Crippen LogP contribution >= 0.6 is 24.2 Å². The lowest BCUT2D eigenvalue weighted by Gasteiger charge is -2.27. The number of amides is 1. The molecule has 1 aromatic carbocycles. The Kier molecular flexibility index (Phi) is 8.67. The molecule has 3 rings (SSSR count). The summed E-state index contributed by atoms with van der Waals surface area (Å²) in [5.41, 5.74) is 0. The first-order valence-electron chi connectivity index (χ1n) is 8.53. The fourth-order valence-corrected chi connectivity index (χ4v) is 3.63. The molecule has 6 nitrogen and oxygen atoms in total. The predicted octanol–water partition coefficient (Wildman–Crippen LogP) is 1.38. The Morgan fingerprint density at radius 3 is 2.76 bits per heavy atom. The van der Waals surface area contributed by atoms with Crippen LogP contribution in [0.15, 0.2) is 23.1 Å². The van der Waals surface area contributed by atoms with Gasteiger partial charge in [-0.1, -0.05) is 0 Å². The van der Waals surface area contributed by atoms with Crippen LogP contribution in [0.4, 0.5) is 0 Å². The van der Waals surface area contributed by atoms with Gasteiger partial charge in [0.1, 0.15) is 13.2 Å². The lowest BCUT2D eigenvalue weighted by molar-refractivity contribution is -0.120. The van der Waals surface area contributed by atoms with Gasteiger partial charge >= 0.3 is 0 Å². The van der Waals surface area contributed by atoms with Gasteiger partial charge in [-0.2, -0.15) is 0 Å². The molecule has 1 saturated heterocycles. The number of ether oxygens (including phenoxy) is 2. The van der Waals surface area contributed by atoms with Crippen molar-refractivity contribution in [2.75, 3.05) is 58.2 Å². The highest BCUT2D eigenvalue weighted by Crippen LogP contribution is 2.34. The Bertz CT molecular complexity index is 556. The number of hydrogen-bond acceptors (Lipinski definition) is 6. The summed E-state index contributed by atoms with van der Waals surface area (Å²) in [7, 11) is 0. The van der Waals surface area contributed by atoms with Crippen LogP contribution in [-0.2, 0) is 4.79 Å². The lowest BCUT2D eigenvalue weighted by Crippen LogP contribution is -2.46. The summed E-state index contributed by atoms with van der Waals surface area (Å²) in [5.74, 6) is 2.48. The second kappa shape index (κ2) is 10.8. The molecule has 2 N–H and O–H groups in total. The van der Waals surface area contributed by atoms with E-state index in [9.17, 15) is 4.79 Å². The first-order valence-corrected chi connectivity index (χ1v) is 9.52. The van der Waals surface area contributed by atoms with E-state index in [4.69, 9.17) is 9.47 Å². The van der Waals surface area contributed by atoms with Crippen molar-refractivity contribution >= 4 is 30.1 Å². The third-order valence-electron chi connectivity index (χ3n) is 4.07. The molecular weight excluding hydrogens is 362 g/mol. The van der Waals surface area contributed by atoms with Crippen LogP contribution in [0.5, 0.6) is 11.5 Å². The zero-order chi connectivity index (χ0) is 16.6. The molecule has 0 saturated carbocycles. The van der Waals surface area contributed by atoms with E-state index < -0.39 is 0 Å². The smallest absolute Gasteiger partial charge is 0.220 e. The Morgan fingerprint density at radius 2 is 1.96 bits per heavy atom. The van der Waals surface area contributed by atoms with E-state index >= 15 is 0 Å². The minimum Gasteiger partial charge on any atom is -0.486 e. The number of carbonyl (C=O) groups excluding carboxylic acids is 1. The van der Waals surface area contributed by atoms with Crippen molar-refractivity contribution in [1.29, 1.82) is 0 Å². The van der Waals surface area contributed by atoms with Crippen LogP contribution in [-0.4, -0.2) is 69.0 Å². The van der Waals surface area contributed by atoms with E-state index in [1.165, 1.54) is 0 Å². The number of carbonyl (C=O) groups is 1. The molecule has 140 valence electrons. The van der Waals surface area contributed by atoms with E-state index in [-0.39, 0.29) is 18.3 Å². The SMILES string of the molecule is Cl.O=C(CCSc1ccc2c(c1)OCCO2)NCCN1CCNCC1. The minimum atomic E-state index is 0. The molecule has 0 aliphatic carbocycles. The van der Waals surface area contributed by atoms with Crippen molar-refractivity contribution in [1.82, 2.24) is 15.5 Å². The molecule has 0 atom stereocenters. The summed E-state index contributed by atoms with van der Waals surface area (Å²) < 4.78 is 11.1. The summed E-state index contributed by atoms with van der Waals surface area (Å²) in [6.45, 7) is 7.08. The van der Waals surface area contributed by atoms with Gasteiger partial charge in [0, 0.05) is 56.3 Å². The van der Waals surface area contributed by atoms with Crippen molar-refractivity contribution in [2.24, 2.45) is 0 Å². The summed E-state index contributed by atoms with van der Waals surface area (Å²) in [4.78, 5) is 15.4. The monoisotopic (exact) mass is 387 g/mol. The van der Waals surface area contributed by atoms with Crippen LogP contribution in [0.25, 0.3) is 0 Å². The van der Waals surface area contributed by atoms with Crippen molar-refractivity contribution in [3.8, 4) is 11.5 Å². The average Bonchev–Trinajstić information content (AvgIpc) is 2.62. The van der Waals surface area contributed by atoms with Crippen molar-refractivity contribution in [2.45, 2.75) is 11.3 Å². The average molecular weight is 388 g/mol. The van der Waals surface area contributed by atoms with Crippen molar-refractivity contribution in [3.63, 3.8) is 0 Å². The van der Waals surface area contributed by atoms with Gasteiger partial charge in [0.2, 0.25) is 5.91 Å². The molecule has 25 heavy (non-hydrogen) atoms. The van der Waals surface area contributed by atoms with E-state index in [0.29, 0.717) is 19.6 Å². The fourth-order valence-electron chi connectivity index (χ4n) is 2.75. The topological polar surface area (TPSA) is 62.8 Å². The largest absolute Gasteiger partial charge is 0.486 e. The van der Waals surface area contributed by atoms with E-state index in [0.717, 1.165) is 61.4 Å². The van der Waals surface area contributed by atoms with Gasteiger partial charge in [-0.05, 0) is 18.2 Å². The number of nitrogens with one attached hydrogen (secondary N) is 2. The highest BCUT2D eigenvalue weighted by Gasteiger charge is 2.12. The van der Waals surface area contributed by atoms with Crippen LogP contribution in [0.3, 0.4) is 0 Å². The Morgan fingerprint density at radius 1 is 1.20 bits per heavy atom. The Hall–Kier alpha value is -1.15. The summed E-state index contributed by atoms with van der Waals surface area (Å²) >= 11 is 1.67. The number of halogens is 1. The fraction of sp³-hybridized carbons (Fsp3) is 0.588. The van der Waals surface area contributed by atoms with Crippen LogP contribution in [0.1, 0.15) is 6.42 Å². The molecule has 1 amide bonds. The first kappa shape index (κ1) is 20.2. The molecule has 2 heterocycles. The van der Waals surface area contributed by atoms with Gasteiger partial charge < -0.3 is 20.1 Å². The van der Waals surface area contributed by atoms with Crippen molar-refractivity contribution < 1.29 is 14.3 Å². The third kappa shape index (κ3) is 6.58. The molecule has 0 bridgehead atoms. The van der Waals surface area contributed by atoms with Gasteiger partial charge in [0.25, 0.3) is 0 Å². The highest BCUT2D eigenvalue weighted by atomic mass is 35.5. The molecule has 2 aliphatic rings. The maximum Gasteiger partial charge on any atom is 0.220 e. The summed E-state index contributed by atoms with van der Waals surface area (Å²) in [6.07, 6.45) is 0.528. The molecule has 0 aromatic heterocycles. The molecule has 8 heteroatoms. The maximum absolute atomic E-state index is 11.9. The number of thioether (sulfide) groups is 1. The summed E-state index contributed by atoms with van der Waals surface area (Å²) in [6, 6.07) is 5.94. The number of benzene rings is 1. The van der Waals surface area contributed by atoms with Crippen LogP contribution < -0.4 is 20.1 Å². The normalized spacial score (nSPS) is 16.8. The van der Waals surface area contributed by atoms with Crippen LogP contribution in [0, 0.1) is 0 Å². The number of fused-ring (bicyclic) bond motifs is 1. The van der Waals surface area contributed by atoms with Crippen LogP contribution in [0.2, 0.25) is 0 Å². The van der Waals surface area contributed by atoms with E-state index in [1.807, 2.05) is 18.2 Å². The van der Waals surface area contributed by atoms with Gasteiger partial charge in [0.05, 0.1) is 0 Å². The van der Waals surface area contributed by atoms with E-state index in [1.54, 1.807) is 11.8 Å². The third-order valence-corrected chi connectivity index (χ3v) is 5.07. The minimum absolute atomic E-state index is 0. The number of piperazine rings is 1. The molecule has 1 fully saturated rings. The lowest BCUT2D eigenvalue weighted by atomic mass is 10.3. The molecule has 1 aromatic rings. The zero-order valence-electron chi connectivity index (χ0n) is 14.3. The number of hydrogen-bond donors (Lipinski definition) is 2. The van der Waals surface area contributed by atoms with Gasteiger partial charge in [-0.25, -0.2) is 0 Å². The van der Waals surface area contributed by atoms with E-state index in [2.05, 4.69) is 15.5 Å². The second-order valence-electron chi connectivity index (χ2n) is 5.85. The molecule has 0 unspecified atom stereocenters. The summed E-state index contributed by atoms with van der Waals surface area (Å²) in [5, 5.41) is 6.33. The van der Waals surface area contributed by atoms with Gasteiger partial charge in [0.15, 0.2) is 11.5 Å². The Balaban J connectivity index is 0.00000225. The quantitative estimate of drug-likeness (QED) is 0.689.